The fourth-order valence-corrected chi connectivity index (χ4v) is 3.91. The molecule has 19 heavy (non-hydrogen) atoms. The molecule has 2 heterocycles. The van der Waals surface area contributed by atoms with Crippen LogP contribution in [0.25, 0.3) is 0 Å². The van der Waals surface area contributed by atoms with Gasteiger partial charge in [0.15, 0.2) is 15.6 Å². The maximum absolute atomic E-state index is 12.2. The second-order valence-corrected chi connectivity index (χ2v) is 7.19. The van der Waals surface area contributed by atoms with Gasteiger partial charge in [0.2, 0.25) is 0 Å². The van der Waals surface area contributed by atoms with Crippen molar-refractivity contribution in [1.29, 1.82) is 0 Å². The minimum absolute atomic E-state index is 0.0239. The number of carbonyl (C=O) groups excluding carboxylic acids is 1. The Morgan fingerprint density at radius 2 is 2.21 bits per heavy atom. The highest BCUT2D eigenvalue weighted by atomic mass is 32.2. The van der Waals surface area contributed by atoms with Gasteiger partial charge in [0.1, 0.15) is 5.76 Å². The van der Waals surface area contributed by atoms with Gasteiger partial charge < -0.3 is 15.1 Å². The summed E-state index contributed by atoms with van der Waals surface area (Å²) >= 11 is 0. The number of furan rings is 1. The predicted octanol–water partition coefficient (Wildman–Crippen LogP) is 0.558. The second kappa shape index (κ2) is 4.97. The fraction of sp³-hybridized carbons (Fsp3) is 0.583. The lowest BCUT2D eigenvalue weighted by molar-refractivity contribution is 0.0713. The lowest BCUT2D eigenvalue weighted by Gasteiger charge is -2.22. The normalized spacial score (nSPS) is 23.2. The van der Waals surface area contributed by atoms with Crippen LogP contribution >= 0.6 is 0 Å². The minimum Gasteiger partial charge on any atom is -0.454 e. The molecule has 1 fully saturated rings. The number of sulfone groups is 1. The molecule has 1 aromatic heterocycles. The van der Waals surface area contributed by atoms with E-state index in [1.807, 2.05) is 0 Å². The van der Waals surface area contributed by atoms with Crippen LogP contribution in [0.5, 0.6) is 0 Å². The number of nitrogens with two attached hydrogens (primary N) is 1. The molecule has 6 nitrogen and oxygen atoms in total. The first kappa shape index (κ1) is 14.1. The average molecular weight is 286 g/mol. The average Bonchev–Trinajstić information content (AvgIpc) is 2.93. The predicted molar refractivity (Wildman–Crippen MR) is 70.5 cm³/mol. The summed E-state index contributed by atoms with van der Waals surface area (Å²) in [6, 6.07) is 2.68. The van der Waals surface area contributed by atoms with Gasteiger partial charge >= 0.3 is 0 Å². The van der Waals surface area contributed by atoms with Gasteiger partial charge in [-0.2, -0.15) is 0 Å². The Kier molecular flexibility index (Phi) is 3.69. The van der Waals surface area contributed by atoms with Crippen LogP contribution in [-0.4, -0.2) is 43.8 Å². The summed E-state index contributed by atoms with van der Waals surface area (Å²) in [4.78, 5) is 13.6. The molecule has 0 saturated carbocycles. The van der Waals surface area contributed by atoms with Gasteiger partial charge in [-0.25, -0.2) is 8.42 Å². The Labute approximate surface area is 112 Å². The lowest BCUT2D eigenvalue weighted by atomic mass is 10.2. The molecule has 0 spiro atoms. The van der Waals surface area contributed by atoms with Crippen LogP contribution in [0.15, 0.2) is 16.5 Å². The Morgan fingerprint density at radius 3 is 2.68 bits per heavy atom. The van der Waals surface area contributed by atoms with Crippen molar-refractivity contribution in [3.63, 3.8) is 0 Å². The first-order valence-corrected chi connectivity index (χ1v) is 7.95. The Balaban J connectivity index is 2.10. The van der Waals surface area contributed by atoms with E-state index in [1.54, 1.807) is 26.1 Å². The van der Waals surface area contributed by atoms with Gasteiger partial charge in [-0.1, -0.05) is 0 Å². The summed E-state index contributed by atoms with van der Waals surface area (Å²) in [5.74, 6) is 0.582. The van der Waals surface area contributed by atoms with Crippen molar-refractivity contribution >= 4 is 15.7 Å². The summed E-state index contributed by atoms with van der Waals surface area (Å²) in [6.07, 6.45) is 0.478. The maximum Gasteiger partial charge on any atom is 0.289 e. The van der Waals surface area contributed by atoms with Crippen LogP contribution in [0.1, 0.15) is 35.7 Å². The van der Waals surface area contributed by atoms with E-state index in [9.17, 15) is 13.2 Å². The smallest absolute Gasteiger partial charge is 0.289 e. The van der Waals surface area contributed by atoms with Crippen LogP contribution in [0.4, 0.5) is 0 Å². The molecule has 1 amide bonds. The van der Waals surface area contributed by atoms with E-state index in [0.717, 1.165) is 0 Å². The first-order valence-electron chi connectivity index (χ1n) is 6.13. The largest absolute Gasteiger partial charge is 0.454 e. The van der Waals surface area contributed by atoms with E-state index in [-0.39, 0.29) is 35.3 Å². The van der Waals surface area contributed by atoms with Gasteiger partial charge in [-0.05, 0) is 25.5 Å². The Morgan fingerprint density at radius 1 is 1.53 bits per heavy atom. The van der Waals surface area contributed by atoms with Crippen molar-refractivity contribution in [1.82, 2.24) is 4.90 Å². The first-order chi connectivity index (χ1) is 8.80. The molecule has 0 bridgehead atoms. The van der Waals surface area contributed by atoms with E-state index in [0.29, 0.717) is 12.2 Å². The third-order valence-corrected chi connectivity index (χ3v) is 5.11. The molecular formula is C12H18N2O4S. The van der Waals surface area contributed by atoms with Gasteiger partial charge in [-0.3, -0.25) is 4.79 Å². The van der Waals surface area contributed by atoms with E-state index >= 15 is 0 Å². The van der Waals surface area contributed by atoms with Crippen molar-refractivity contribution in [2.45, 2.75) is 25.4 Å². The van der Waals surface area contributed by atoms with Crippen molar-refractivity contribution in [3.8, 4) is 0 Å². The van der Waals surface area contributed by atoms with Crippen LogP contribution < -0.4 is 5.73 Å². The van der Waals surface area contributed by atoms with Gasteiger partial charge in [0.05, 0.1) is 17.5 Å². The number of rotatable bonds is 3. The summed E-state index contributed by atoms with van der Waals surface area (Å²) in [6.45, 7) is 1.76. The summed E-state index contributed by atoms with van der Waals surface area (Å²) < 4.78 is 28.2. The third kappa shape index (κ3) is 2.98. The fourth-order valence-electron chi connectivity index (χ4n) is 2.13. The molecule has 1 saturated heterocycles. The van der Waals surface area contributed by atoms with Crippen LogP contribution in [0.2, 0.25) is 0 Å². The summed E-state index contributed by atoms with van der Waals surface area (Å²) in [5, 5.41) is 0. The Bertz CT molecular complexity index is 576. The van der Waals surface area contributed by atoms with E-state index in [1.165, 1.54) is 4.90 Å². The highest BCUT2D eigenvalue weighted by Crippen LogP contribution is 2.20. The van der Waals surface area contributed by atoms with Crippen LogP contribution in [0, 0.1) is 0 Å². The zero-order valence-corrected chi connectivity index (χ0v) is 11.8. The molecule has 106 valence electrons. The topological polar surface area (TPSA) is 93.6 Å². The number of hydrogen-bond donors (Lipinski definition) is 1. The van der Waals surface area contributed by atoms with Crippen molar-refractivity contribution in [3.05, 3.63) is 23.7 Å². The van der Waals surface area contributed by atoms with Crippen LogP contribution in [-0.2, 0) is 9.84 Å². The van der Waals surface area contributed by atoms with Crippen molar-refractivity contribution in [2.75, 3.05) is 18.6 Å². The molecule has 1 aliphatic heterocycles. The third-order valence-electron chi connectivity index (χ3n) is 3.36. The van der Waals surface area contributed by atoms with Gasteiger partial charge in [0, 0.05) is 13.1 Å². The standard InChI is InChI=1S/C12H18N2O4S/c1-8(13)10-3-4-11(18-10)12(15)14(2)9-5-6-19(16,17)7-9/h3-4,8-9H,5-7,13H2,1-2H3/t8-,9-/m0/s1. The summed E-state index contributed by atoms with van der Waals surface area (Å²) in [7, 11) is -1.41. The van der Waals surface area contributed by atoms with E-state index in [4.69, 9.17) is 10.2 Å². The molecule has 0 aliphatic carbocycles. The molecule has 0 radical (unpaired) electrons. The van der Waals surface area contributed by atoms with Crippen molar-refractivity contribution < 1.29 is 17.6 Å². The van der Waals surface area contributed by atoms with Crippen LogP contribution in [0.3, 0.4) is 0 Å². The molecule has 2 atom stereocenters. The number of nitrogens with zero attached hydrogens (tertiary/aromatic N) is 1. The zero-order chi connectivity index (χ0) is 14.2. The second-order valence-electron chi connectivity index (χ2n) is 4.96. The Hall–Kier alpha value is -1.34. The maximum atomic E-state index is 12.2. The zero-order valence-electron chi connectivity index (χ0n) is 11.0. The molecule has 2 N–H and O–H groups in total. The van der Waals surface area contributed by atoms with E-state index in [2.05, 4.69) is 0 Å². The summed E-state index contributed by atoms with van der Waals surface area (Å²) in [5.41, 5.74) is 5.66. The highest BCUT2D eigenvalue weighted by Gasteiger charge is 2.33. The highest BCUT2D eigenvalue weighted by molar-refractivity contribution is 7.91. The molecular weight excluding hydrogens is 268 g/mol. The number of amides is 1. The van der Waals surface area contributed by atoms with Crippen molar-refractivity contribution in [2.24, 2.45) is 5.73 Å². The lowest BCUT2D eigenvalue weighted by Crippen LogP contribution is -2.37. The molecule has 0 aromatic carbocycles. The monoisotopic (exact) mass is 286 g/mol. The molecule has 1 aliphatic rings. The SMILES string of the molecule is C[C@H](N)c1ccc(C(=O)N(C)[C@H]2CCS(=O)(=O)C2)o1. The number of hydrogen-bond acceptors (Lipinski definition) is 5. The molecule has 1 aromatic rings. The van der Waals surface area contributed by atoms with E-state index < -0.39 is 9.84 Å². The molecule has 0 unspecified atom stereocenters. The number of carbonyl (C=O) groups is 1. The molecule has 7 heteroatoms. The quantitative estimate of drug-likeness (QED) is 0.876. The minimum atomic E-state index is -3.01. The van der Waals surface area contributed by atoms with Gasteiger partial charge in [0.25, 0.3) is 5.91 Å². The molecule has 2 rings (SSSR count). The van der Waals surface area contributed by atoms with Gasteiger partial charge in [-0.15, -0.1) is 0 Å².